The molecular formula is C59H75IN4O21S3. The first kappa shape index (κ1) is 69.7. The summed E-state index contributed by atoms with van der Waals surface area (Å²) >= 11 is 2.82. The number of nitrogens with one attached hydrogen (secondary N) is 3. The van der Waals surface area contributed by atoms with Crippen LogP contribution in [0.4, 0.5) is 4.79 Å². The quantitative estimate of drug-likeness (QED) is 0.0275. The van der Waals surface area contributed by atoms with E-state index in [4.69, 9.17) is 61.7 Å². The predicted molar refractivity (Wildman–Crippen MR) is 329 cm³/mol. The van der Waals surface area contributed by atoms with E-state index in [1.165, 1.54) is 55.1 Å². The number of ether oxygens (including phenoxy) is 12. The SMILES string of the molecule is CCN[C@H]1CO[C@@H](O[C@H]2[C@H](O[C@H]3C#C/C=C\C#C[C@]4(O)CC(=O)C(NC(=O)OC)=C3/C4=C\CSSc3ccccn3)O[C@H](C)[C@@H](NO[C@H]3C[C@H](O)[C@H](SC(=O)c4c(C)c(I)c(O[C@@H]5O[C@@H](C)[C@H](O)[C@@H](OC)[C@H]5O)c(OC)c4OC)[C@@H](C)O3)[C@@H]2O)C[C@@H]1OC. The van der Waals surface area contributed by atoms with Gasteiger partial charge in [0.15, 0.2) is 41.8 Å². The molecule has 5 heterocycles. The molecule has 0 saturated carbocycles. The molecule has 88 heavy (non-hydrogen) atoms. The summed E-state index contributed by atoms with van der Waals surface area (Å²) in [6, 6.07) is 4.20. The number of nitrogens with zero attached hydrogens (tertiary/aromatic N) is 1. The standard InChI is InChI=1S/C59H75IN4O21S3/c1-11-61-33-27-78-39(25-37(33)73-6)83-52-47(68)44(29(3)80-57(52)82-36-18-14-12-13-16-21-59(72)26-35(66)45(63-58(71)77-10)42(36)32(59)20-23-86-88-38-19-15-17-22-62-38)64-85-40-24-34(65)54(31(5)79-40)87-55(70)41-28(2)43(60)50(53(76-9)49(41)74-7)84-56-48(69)51(75-8)46(67)30(4)81-56/h12-13,15,17,19-20,22,29-31,33-34,36-37,39-40,44,46-48,51-52,54,56-57,61,64-65,67-69,72H,11,23-27H2,1-10H3,(H,63,71)/b13-12-,32-20+/t29-,30+,31-,33+,34+,36+,37+,39+,40+,44-,46+,47+,48-,51-,52-,54-,56+,57+,59+/m1/s1. The Morgan fingerprint density at radius 3 is 2.32 bits per heavy atom. The number of Topliss-reactive ketones (excluding diaryl/α,β-unsaturated/α-hetero) is 1. The number of aliphatic hydroxyl groups is 5. The van der Waals surface area contributed by atoms with Crippen LogP contribution in [0, 0.1) is 34.2 Å². The van der Waals surface area contributed by atoms with Gasteiger partial charge in [-0.1, -0.05) is 65.3 Å². The van der Waals surface area contributed by atoms with E-state index in [9.17, 15) is 39.9 Å². The van der Waals surface area contributed by atoms with Crippen LogP contribution in [-0.2, 0) is 52.3 Å². The molecule has 2 bridgehead atoms. The van der Waals surface area contributed by atoms with Crippen molar-refractivity contribution in [2.45, 2.75) is 174 Å². The van der Waals surface area contributed by atoms with Gasteiger partial charge in [0.2, 0.25) is 17.2 Å². The number of aliphatic hydroxyl groups excluding tert-OH is 4. The molecule has 4 saturated heterocycles. The largest absolute Gasteiger partial charge is 0.492 e. The number of pyridine rings is 1. The number of benzene rings is 1. The molecule has 482 valence electrons. The number of halogens is 1. The summed E-state index contributed by atoms with van der Waals surface area (Å²) in [5.74, 6) is 11.2. The zero-order valence-corrected chi connectivity index (χ0v) is 54.6. The smallest absolute Gasteiger partial charge is 0.411 e. The van der Waals surface area contributed by atoms with Crippen LogP contribution in [0.2, 0.25) is 0 Å². The zero-order valence-electron chi connectivity index (χ0n) is 50.0. The molecule has 2 aliphatic carbocycles. The zero-order chi connectivity index (χ0) is 63.6. The van der Waals surface area contributed by atoms with Crippen molar-refractivity contribution in [3.8, 4) is 40.9 Å². The van der Waals surface area contributed by atoms with Gasteiger partial charge in [0.25, 0.3) is 0 Å². The second-order valence-corrected chi connectivity index (χ2v) is 25.7. The number of ketones is 1. The molecule has 2 aromatic rings. The number of hydrogen-bond acceptors (Lipinski definition) is 27. The van der Waals surface area contributed by atoms with Crippen molar-refractivity contribution >= 4 is 72.9 Å². The van der Waals surface area contributed by atoms with Crippen LogP contribution in [0.1, 0.15) is 62.9 Å². The highest BCUT2D eigenvalue weighted by atomic mass is 127. The van der Waals surface area contributed by atoms with Crippen molar-refractivity contribution in [1.82, 2.24) is 21.1 Å². The minimum absolute atomic E-state index is 0.0231. The van der Waals surface area contributed by atoms with Crippen LogP contribution in [0.15, 0.2) is 64.5 Å². The minimum atomic E-state index is -2.10. The molecule has 8 N–H and O–H groups in total. The van der Waals surface area contributed by atoms with Crippen molar-refractivity contribution in [2.75, 3.05) is 54.5 Å². The number of thioether (sulfide) groups is 1. The highest BCUT2D eigenvalue weighted by Gasteiger charge is 2.52. The Balaban J connectivity index is 1.03. The summed E-state index contributed by atoms with van der Waals surface area (Å²) in [4.78, 5) is 52.2. The number of aromatic nitrogens is 1. The molecule has 25 nitrogen and oxygen atoms in total. The van der Waals surface area contributed by atoms with Gasteiger partial charge in [-0.05, 0) is 97.5 Å². The van der Waals surface area contributed by atoms with E-state index >= 15 is 0 Å². The molecule has 1 aromatic heterocycles. The van der Waals surface area contributed by atoms with Gasteiger partial charge >= 0.3 is 6.09 Å². The highest BCUT2D eigenvalue weighted by Crippen LogP contribution is 2.49. The summed E-state index contributed by atoms with van der Waals surface area (Å²) in [6.07, 6.45) is -12.4. The van der Waals surface area contributed by atoms with Crippen LogP contribution in [-0.4, -0.2) is 217 Å². The van der Waals surface area contributed by atoms with Crippen LogP contribution in [0.5, 0.6) is 17.2 Å². The number of fused-ring (bicyclic) bond motifs is 2. The summed E-state index contributed by atoms with van der Waals surface area (Å²) in [5, 5.41) is 63.7. The molecule has 8 rings (SSSR count). The number of alkyl carbamates (subject to hydrolysis) is 1. The second kappa shape index (κ2) is 31.9. The first-order chi connectivity index (χ1) is 42.2. The molecular weight excluding hydrogens is 1320 g/mol. The number of hydroxylamine groups is 1. The lowest BCUT2D eigenvalue weighted by atomic mass is 9.75. The van der Waals surface area contributed by atoms with Crippen molar-refractivity contribution in [2.24, 2.45) is 0 Å². The van der Waals surface area contributed by atoms with Gasteiger partial charge in [-0.15, -0.1) is 0 Å². The van der Waals surface area contributed by atoms with E-state index in [0.717, 1.165) is 23.9 Å². The third-order valence-electron chi connectivity index (χ3n) is 15.4. The number of rotatable bonds is 22. The maximum Gasteiger partial charge on any atom is 0.411 e. The van der Waals surface area contributed by atoms with Crippen molar-refractivity contribution in [3.63, 3.8) is 0 Å². The fourth-order valence-electron chi connectivity index (χ4n) is 10.9. The molecule has 0 radical (unpaired) electrons. The molecule has 1 amide bonds. The summed E-state index contributed by atoms with van der Waals surface area (Å²) in [6.45, 7) is 9.38. The molecule has 0 unspecified atom stereocenters. The first-order valence-electron chi connectivity index (χ1n) is 28.3. The van der Waals surface area contributed by atoms with Crippen LogP contribution in [0.25, 0.3) is 0 Å². The van der Waals surface area contributed by atoms with E-state index in [2.05, 4.69) is 44.8 Å². The van der Waals surface area contributed by atoms with Gasteiger partial charge in [0.05, 0.1) is 97.0 Å². The fourth-order valence-corrected chi connectivity index (χ4v) is 14.4. The number of carbonyl (C=O) groups is 3. The van der Waals surface area contributed by atoms with Gasteiger partial charge < -0.3 is 87.7 Å². The maximum absolute atomic E-state index is 14.5. The van der Waals surface area contributed by atoms with Crippen LogP contribution in [0.3, 0.4) is 0 Å². The van der Waals surface area contributed by atoms with Gasteiger partial charge in [0.1, 0.15) is 41.6 Å². The summed E-state index contributed by atoms with van der Waals surface area (Å²) < 4.78 is 72.7. The molecule has 6 aliphatic rings. The van der Waals surface area contributed by atoms with Gasteiger partial charge in [-0.25, -0.2) is 9.78 Å². The van der Waals surface area contributed by atoms with E-state index in [1.54, 1.807) is 53.1 Å². The average molecular weight is 1400 g/mol. The Kier molecular flexibility index (Phi) is 25.3. The number of allylic oxidation sites excluding steroid dienone is 3. The summed E-state index contributed by atoms with van der Waals surface area (Å²) in [5.41, 5.74) is 1.15. The van der Waals surface area contributed by atoms with Gasteiger partial charge in [0, 0.05) is 50.2 Å². The Morgan fingerprint density at radius 1 is 0.886 bits per heavy atom. The highest BCUT2D eigenvalue weighted by molar-refractivity contribution is 14.1. The molecule has 29 heteroatoms. The lowest BCUT2D eigenvalue weighted by Crippen LogP contribution is -2.65. The topological polar surface area (TPSA) is 321 Å². The third kappa shape index (κ3) is 16.0. The predicted octanol–water partition coefficient (Wildman–Crippen LogP) is 3.37. The van der Waals surface area contributed by atoms with E-state index in [0.29, 0.717) is 15.7 Å². The normalized spacial score (nSPS) is 34.8. The average Bonchev–Trinajstić information content (AvgIpc) is 2.97. The molecule has 0 spiro atoms. The Morgan fingerprint density at radius 2 is 1.64 bits per heavy atom. The number of amides is 1. The van der Waals surface area contributed by atoms with Crippen LogP contribution >= 0.6 is 55.9 Å². The number of carbonyl (C=O) groups excluding carboxylic acids is 3. The Hall–Kier alpha value is -4.14. The first-order valence-corrected chi connectivity index (χ1v) is 32.6. The molecule has 19 atom stereocenters. The molecule has 4 fully saturated rings. The van der Waals surface area contributed by atoms with Crippen LogP contribution < -0.4 is 30.3 Å². The lowest BCUT2D eigenvalue weighted by molar-refractivity contribution is -0.336. The summed E-state index contributed by atoms with van der Waals surface area (Å²) in [7, 11) is 9.54. The second-order valence-electron chi connectivity index (χ2n) is 21.1. The van der Waals surface area contributed by atoms with Crippen molar-refractivity contribution < 1.29 is 102 Å². The number of hydrogen-bond donors (Lipinski definition) is 8. The molecule has 1 aromatic carbocycles. The maximum atomic E-state index is 14.5. The Labute approximate surface area is 536 Å². The van der Waals surface area contributed by atoms with Gasteiger partial charge in [-0.3, -0.25) is 19.7 Å². The monoisotopic (exact) mass is 1400 g/mol. The molecule has 4 aliphatic heterocycles. The van der Waals surface area contributed by atoms with Crippen molar-refractivity contribution in [3.05, 3.63) is 74.2 Å². The number of methoxy groups -OCH3 is 5. The van der Waals surface area contributed by atoms with Gasteiger partial charge in [-0.2, -0.15) is 5.48 Å². The minimum Gasteiger partial charge on any atom is -0.492 e. The fraction of sp³-hybridized carbons (Fsp3) is 0.593. The van der Waals surface area contributed by atoms with E-state index in [-0.39, 0.29) is 77.0 Å². The number of likely N-dealkylation sites (N-methyl/N-ethyl adjacent to an activating group) is 1. The Bertz CT molecular complexity index is 3010. The van der Waals surface area contributed by atoms with Crippen molar-refractivity contribution in [1.29, 1.82) is 0 Å². The lowest BCUT2D eigenvalue weighted by Gasteiger charge is -2.46. The van der Waals surface area contributed by atoms with E-state index < -0.39 is 127 Å². The third-order valence-corrected chi connectivity index (χ3v) is 20.2. The van der Waals surface area contributed by atoms with E-state index in [1.807, 2.05) is 41.6 Å².